The highest BCUT2D eigenvalue weighted by molar-refractivity contribution is 6.83. The van der Waals surface area contributed by atoms with Gasteiger partial charge in [-0.2, -0.15) is 0 Å². The molecule has 1 aliphatic carbocycles. The van der Waals surface area contributed by atoms with Gasteiger partial charge in [-0.05, 0) is 36.2 Å². The Kier molecular flexibility index (Phi) is 7.87. The van der Waals surface area contributed by atoms with Crippen LogP contribution in [0.5, 0.6) is 0 Å². The summed E-state index contributed by atoms with van der Waals surface area (Å²) < 4.78 is 15.2. The molecule has 0 aromatic heterocycles. The average molecular weight is 507 g/mol. The van der Waals surface area contributed by atoms with Crippen LogP contribution in [0.4, 0.5) is 4.79 Å². The number of amides is 2. The monoisotopic (exact) mass is 507 g/mol. The third-order valence-corrected chi connectivity index (χ3v) is 6.05. The smallest absolute Gasteiger partial charge is 0.492 e. The summed E-state index contributed by atoms with van der Waals surface area (Å²) in [6.45, 7) is 0.598. The average Bonchev–Trinajstić information content (AvgIpc) is 3.18. The maximum Gasteiger partial charge on any atom is 0.677 e. The number of alkyl carbamates (subject to hydrolysis) is 1. The van der Waals surface area contributed by atoms with Gasteiger partial charge in [-0.25, -0.2) is 4.79 Å². The molecule has 2 aromatic carbocycles. The standard InChI is InChI=1S/C25H26BN3O8/c1-15(24(33)26-36-22(31)12-29(2)13-23(32)37-26)28-21(30)11-27-25(34)35-14-20-18-9-5-3-7-16(18)17-8-4-6-10-19(17)20/h3-10,15,20H,11-14H2,1-2H3,(H,27,34)(H,28,30)/t15-/m0/s1. The van der Waals surface area contributed by atoms with Crippen molar-refractivity contribution in [2.24, 2.45) is 0 Å². The Bertz CT molecular complexity index is 1170. The summed E-state index contributed by atoms with van der Waals surface area (Å²) in [5, 5.41) is 4.73. The minimum absolute atomic E-state index is 0.0873. The Hall–Kier alpha value is -4.19. The molecule has 0 unspecified atom stereocenters. The Morgan fingerprint density at radius 3 is 2.11 bits per heavy atom. The first-order valence-corrected chi connectivity index (χ1v) is 11.7. The number of ether oxygens (including phenoxy) is 1. The number of rotatable bonds is 7. The zero-order valence-corrected chi connectivity index (χ0v) is 20.4. The van der Waals surface area contributed by atoms with Crippen molar-refractivity contribution in [1.29, 1.82) is 0 Å². The van der Waals surface area contributed by atoms with E-state index in [9.17, 15) is 24.0 Å². The van der Waals surface area contributed by atoms with E-state index in [1.165, 1.54) is 18.9 Å². The van der Waals surface area contributed by atoms with Crippen LogP contribution in [0.1, 0.15) is 24.0 Å². The molecule has 0 bridgehead atoms. The SMILES string of the molecule is C[C@H](NC(=O)CNC(=O)OCC1c2ccccc2-c2ccccc21)C(=O)B1OC(=O)CN(C)CC(=O)O1. The summed E-state index contributed by atoms with van der Waals surface area (Å²) in [6, 6.07) is 14.7. The predicted molar refractivity (Wildman–Crippen MR) is 131 cm³/mol. The molecule has 2 N–H and O–H groups in total. The lowest BCUT2D eigenvalue weighted by Gasteiger charge is -2.23. The lowest BCUT2D eigenvalue weighted by atomic mass is 9.78. The van der Waals surface area contributed by atoms with Gasteiger partial charge in [0.1, 0.15) is 13.2 Å². The number of nitrogens with zero attached hydrogens (tertiary/aromatic N) is 1. The zero-order chi connectivity index (χ0) is 26.5. The van der Waals surface area contributed by atoms with E-state index in [1.54, 1.807) is 0 Å². The quantitative estimate of drug-likeness (QED) is 0.517. The molecule has 1 aliphatic heterocycles. The highest BCUT2D eigenvalue weighted by Gasteiger charge is 2.42. The van der Waals surface area contributed by atoms with Gasteiger partial charge in [-0.15, -0.1) is 0 Å². The van der Waals surface area contributed by atoms with Crippen molar-refractivity contribution in [1.82, 2.24) is 15.5 Å². The van der Waals surface area contributed by atoms with Crippen molar-refractivity contribution in [3.05, 3.63) is 59.7 Å². The number of hydrogen-bond donors (Lipinski definition) is 2. The Morgan fingerprint density at radius 1 is 1.00 bits per heavy atom. The molecule has 2 aliphatic rings. The molecule has 192 valence electrons. The lowest BCUT2D eigenvalue weighted by Crippen LogP contribution is -2.53. The summed E-state index contributed by atoms with van der Waals surface area (Å²) in [7, 11) is -0.240. The van der Waals surface area contributed by atoms with Crippen molar-refractivity contribution in [3.63, 3.8) is 0 Å². The van der Waals surface area contributed by atoms with Gasteiger partial charge in [-0.1, -0.05) is 48.5 Å². The molecule has 37 heavy (non-hydrogen) atoms. The molecule has 1 heterocycles. The topological polar surface area (TPSA) is 140 Å². The first kappa shape index (κ1) is 25.9. The molecule has 0 radical (unpaired) electrons. The molecule has 11 nitrogen and oxygen atoms in total. The predicted octanol–water partition coefficient (Wildman–Crippen LogP) is 0.658. The zero-order valence-electron chi connectivity index (χ0n) is 20.4. The van der Waals surface area contributed by atoms with Crippen molar-refractivity contribution in [2.45, 2.75) is 18.9 Å². The molecule has 12 heteroatoms. The summed E-state index contributed by atoms with van der Waals surface area (Å²) >= 11 is 0. The second kappa shape index (κ2) is 11.3. The fourth-order valence-electron chi connectivity index (χ4n) is 4.32. The van der Waals surface area contributed by atoms with E-state index in [-0.39, 0.29) is 25.6 Å². The van der Waals surface area contributed by atoms with Gasteiger partial charge in [0.15, 0.2) is 0 Å². The van der Waals surface area contributed by atoms with Gasteiger partial charge in [0, 0.05) is 5.92 Å². The van der Waals surface area contributed by atoms with Crippen molar-refractivity contribution in [3.8, 4) is 11.1 Å². The lowest BCUT2D eigenvalue weighted by molar-refractivity contribution is -0.147. The van der Waals surface area contributed by atoms with Crippen LogP contribution in [-0.2, 0) is 33.2 Å². The van der Waals surface area contributed by atoms with Crippen LogP contribution in [0, 0.1) is 0 Å². The summed E-state index contributed by atoms with van der Waals surface area (Å²) in [5.41, 5.74) is 3.49. The molecule has 1 saturated heterocycles. The van der Waals surface area contributed by atoms with Crippen LogP contribution in [-0.4, -0.2) is 81.0 Å². The number of hydrogen-bond acceptors (Lipinski definition) is 9. The number of nitrogens with one attached hydrogen (secondary N) is 2. The number of carbonyl (C=O) groups excluding carboxylic acids is 5. The van der Waals surface area contributed by atoms with Crippen LogP contribution in [0.15, 0.2) is 48.5 Å². The minimum atomic E-state index is -1.76. The second-order valence-corrected chi connectivity index (χ2v) is 8.85. The van der Waals surface area contributed by atoms with E-state index in [4.69, 9.17) is 14.0 Å². The number of likely N-dealkylation sites (N-methyl/N-ethyl adjacent to an activating group) is 1. The van der Waals surface area contributed by atoms with Crippen molar-refractivity contribution in [2.75, 3.05) is 33.3 Å². The van der Waals surface area contributed by atoms with Gasteiger partial charge >= 0.3 is 25.2 Å². The van der Waals surface area contributed by atoms with Crippen molar-refractivity contribution < 1.29 is 38.0 Å². The van der Waals surface area contributed by atoms with E-state index in [0.717, 1.165) is 22.3 Å². The minimum Gasteiger partial charge on any atom is -0.492 e. The fourth-order valence-corrected chi connectivity index (χ4v) is 4.32. The Morgan fingerprint density at radius 2 is 1.54 bits per heavy atom. The van der Waals surface area contributed by atoms with E-state index < -0.39 is 49.3 Å². The summed E-state index contributed by atoms with van der Waals surface area (Å²) in [5.74, 6) is -2.30. The van der Waals surface area contributed by atoms with Crippen LogP contribution in [0.3, 0.4) is 0 Å². The Labute approximate surface area is 213 Å². The maximum atomic E-state index is 12.6. The fraction of sp³-hybridized carbons (Fsp3) is 0.320. The van der Waals surface area contributed by atoms with Crippen LogP contribution in [0.25, 0.3) is 11.1 Å². The first-order chi connectivity index (χ1) is 17.7. The van der Waals surface area contributed by atoms with Gasteiger partial charge in [0.05, 0.1) is 19.1 Å². The third kappa shape index (κ3) is 6.15. The molecular weight excluding hydrogens is 481 g/mol. The highest BCUT2D eigenvalue weighted by atomic mass is 16.6. The first-order valence-electron chi connectivity index (χ1n) is 11.7. The van der Waals surface area contributed by atoms with Gasteiger partial charge in [-0.3, -0.25) is 24.1 Å². The summed E-state index contributed by atoms with van der Waals surface area (Å²) in [4.78, 5) is 62.1. The molecule has 1 atom stereocenters. The molecule has 4 rings (SSSR count). The van der Waals surface area contributed by atoms with Gasteiger partial charge in [0.25, 0.3) is 0 Å². The Balaban J connectivity index is 1.25. The number of fused-ring (bicyclic) bond motifs is 3. The second-order valence-electron chi connectivity index (χ2n) is 8.85. The van der Waals surface area contributed by atoms with Crippen LogP contribution in [0.2, 0.25) is 0 Å². The van der Waals surface area contributed by atoms with Crippen molar-refractivity contribution >= 4 is 36.7 Å². The van der Waals surface area contributed by atoms with E-state index >= 15 is 0 Å². The molecule has 0 saturated carbocycles. The normalized spacial score (nSPS) is 16.3. The van der Waals surface area contributed by atoms with E-state index in [0.29, 0.717) is 0 Å². The van der Waals surface area contributed by atoms with Crippen LogP contribution >= 0.6 is 0 Å². The summed E-state index contributed by atoms with van der Waals surface area (Å²) in [6.07, 6.45) is -0.789. The molecular formula is C25H26BN3O8. The van der Waals surface area contributed by atoms with E-state index in [2.05, 4.69) is 10.6 Å². The highest BCUT2D eigenvalue weighted by Crippen LogP contribution is 2.44. The molecule has 2 amide bonds. The van der Waals surface area contributed by atoms with Gasteiger partial charge < -0.3 is 24.7 Å². The number of benzene rings is 2. The third-order valence-electron chi connectivity index (χ3n) is 6.05. The maximum absolute atomic E-state index is 12.6. The molecule has 2 aromatic rings. The molecule has 0 spiro atoms. The largest absolute Gasteiger partial charge is 0.677 e. The van der Waals surface area contributed by atoms with Crippen LogP contribution < -0.4 is 10.6 Å². The number of carbonyl (C=O) groups is 5. The van der Waals surface area contributed by atoms with Gasteiger partial charge in [0.2, 0.25) is 11.6 Å². The molecule has 1 fully saturated rings. The van der Waals surface area contributed by atoms with E-state index in [1.807, 2.05) is 48.5 Å².